The average molecular weight is 453 g/mol. The van der Waals surface area contributed by atoms with Gasteiger partial charge in [0, 0.05) is 26.2 Å². The van der Waals surface area contributed by atoms with Gasteiger partial charge in [0.25, 0.3) is 0 Å². The first-order valence-electron chi connectivity index (χ1n) is 10.9. The number of hydrogen-bond acceptors (Lipinski definition) is 6. The SMILES string of the molecule is CC(NC(=O)OCc1ccccc1)C(=O)N1CCN(C(C)c2nc3ccccc3s2)CC1. The van der Waals surface area contributed by atoms with E-state index in [1.165, 1.54) is 4.70 Å². The van der Waals surface area contributed by atoms with Gasteiger partial charge in [-0.15, -0.1) is 11.3 Å². The summed E-state index contributed by atoms with van der Waals surface area (Å²) < 4.78 is 6.42. The van der Waals surface area contributed by atoms with E-state index >= 15 is 0 Å². The Bertz CT molecular complexity index is 1030. The minimum Gasteiger partial charge on any atom is -0.445 e. The van der Waals surface area contributed by atoms with Crippen LogP contribution in [0.25, 0.3) is 10.2 Å². The molecule has 1 aliphatic rings. The second-order valence-electron chi connectivity index (χ2n) is 7.98. The highest BCUT2D eigenvalue weighted by Gasteiger charge is 2.29. The molecule has 2 aromatic carbocycles. The molecule has 0 radical (unpaired) electrons. The number of amides is 2. The van der Waals surface area contributed by atoms with E-state index in [1.54, 1.807) is 18.3 Å². The fourth-order valence-corrected chi connectivity index (χ4v) is 4.89. The molecule has 0 bridgehead atoms. The van der Waals surface area contributed by atoms with Crippen molar-refractivity contribution in [2.45, 2.75) is 32.5 Å². The third-order valence-corrected chi connectivity index (χ3v) is 6.97. The number of para-hydroxylation sites is 1. The second kappa shape index (κ2) is 10.1. The molecule has 1 aromatic heterocycles. The lowest BCUT2D eigenvalue weighted by atomic mass is 10.2. The number of rotatable bonds is 6. The van der Waals surface area contributed by atoms with Crippen molar-refractivity contribution in [2.24, 2.45) is 0 Å². The maximum atomic E-state index is 12.8. The molecule has 0 aliphatic carbocycles. The van der Waals surface area contributed by atoms with Crippen molar-refractivity contribution in [1.29, 1.82) is 0 Å². The van der Waals surface area contributed by atoms with Crippen LogP contribution < -0.4 is 5.32 Å². The molecule has 7 nitrogen and oxygen atoms in total. The predicted octanol–water partition coefficient (Wildman–Crippen LogP) is 3.82. The number of nitrogens with zero attached hydrogens (tertiary/aromatic N) is 3. The number of ether oxygens (including phenoxy) is 1. The van der Waals surface area contributed by atoms with Crippen LogP contribution >= 0.6 is 11.3 Å². The van der Waals surface area contributed by atoms with Crippen molar-refractivity contribution in [2.75, 3.05) is 26.2 Å². The maximum absolute atomic E-state index is 12.8. The van der Waals surface area contributed by atoms with E-state index in [1.807, 2.05) is 53.4 Å². The van der Waals surface area contributed by atoms with Crippen molar-refractivity contribution >= 4 is 33.6 Å². The van der Waals surface area contributed by atoms with E-state index in [9.17, 15) is 9.59 Å². The van der Waals surface area contributed by atoms with Crippen molar-refractivity contribution in [3.63, 3.8) is 0 Å². The lowest BCUT2D eigenvalue weighted by molar-refractivity contribution is -0.135. The van der Waals surface area contributed by atoms with Crippen molar-refractivity contribution in [3.8, 4) is 0 Å². The van der Waals surface area contributed by atoms with Gasteiger partial charge in [0.15, 0.2) is 0 Å². The Labute approximate surface area is 192 Å². The standard InChI is InChI=1S/C24H28N4O3S/c1-17(25-24(30)31-16-19-8-4-3-5-9-19)23(29)28-14-12-27(13-15-28)18(2)22-26-20-10-6-7-11-21(20)32-22/h3-11,17-18H,12-16H2,1-2H3,(H,25,30). The van der Waals surface area contributed by atoms with Crippen LogP contribution in [0.15, 0.2) is 54.6 Å². The van der Waals surface area contributed by atoms with Crippen LogP contribution in [0, 0.1) is 0 Å². The second-order valence-corrected chi connectivity index (χ2v) is 9.05. The molecule has 1 N–H and O–H groups in total. The van der Waals surface area contributed by atoms with E-state index < -0.39 is 12.1 Å². The fourth-order valence-electron chi connectivity index (χ4n) is 3.83. The van der Waals surface area contributed by atoms with Crippen LogP contribution in [0.4, 0.5) is 4.79 Å². The molecule has 2 unspecified atom stereocenters. The summed E-state index contributed by atoms with van der Waals surface area (Å²) in [5, 5.41) is 3.75. The summed E-state index contributed by atoms with van der Waals surface area (Å²) in [4.78, 5) is 33.8. The zero-order valence-electron chi connectivity index (χ0n) is 18.4. The summed E-state index contributed by atoms with van der Waals surface area (Å²) in [7, 11) is 0. The van der Waals surface area contributed by atoms with Crippen molar-refractivity contribution < 1.29 is 14.3 Å². The number of fused-ring (bicyclic) bond motifs is 1. The zero-order chi connectivity index (χ0) is 22.5. The summed E-state index contributed by atoms with van der Waals surface area (Å²) >= 11 is 1.73. The number of aromatic nitrogens is 1. The first-order valence-corrected chi connectivity index (χ1v) is 11.7. The topological polar surface area (TPSA) is 74.8 Å². The third-order valence-electron chi connectivity index (χ3n) is 5.76. The largest absolute Gasteiger partial charge is 0.445 e. The first kappa shape index (κ1) is 22.2. The van der Waals surface area contributed by atoms with E-state index in [0.29, 0.717) is 13.1 Å². The highest BCUT2D eigenvalue weighted by molar-refractivity contribution is 7.18. The molecule has 168 valence electrons. The summed E-state index contributed by atoms with van der Waals surface area (Å²) in [5.74, 6) is -0.0889. The Kier molecular flexibility index (Phi) is 7.02. The van der Waals surface area contributed by atoms with Gasteiger partial charge in [-0.05, 0) is 31.5 Å². The Balaban J connectivity index is 1.24. The van der Waals surface area contributed by atoms with Crippen LogP contribution in [0.2, 0.25) is 0 Å². The van der Waals surface area contributed by atoms with Crippen molar-refractivity contribution in [1.82, 2.24) is 20.1 Å². The molecule has 1 aliphatic heterocycles. The highest BCUT2D eigenvalue weighted by Crippen LogP contribution is 2.29. The monoisotopic (exact) mass is 452 g/mol. The number of piperazine rings is 1. The number of alkyl carbamates (subject to hydrolysis) is 1. The van der Waals surface area contributed by atoms with E-state index in [2.05, 4.69) is 23.2 Å². The molecule has 4 rings (SSSR count). The third kappa shape index (κ3) is 5.26. The number of hydrogen-bond donors (Lipinski definition) is 1. The number of carbonyl (C=O) groups excluding carboxylic acids is 2. The Morgan fingerprint density at radius 1 is 1.03 bits per heavy atom. The molecule has 2 atom stereocenters. The number of nitrogens with one attached hydrogen (secondary N) is 1. The van der Waals surface area contributed by atoms with Gasteiger partial charge in [-0.2, -0.15) is 0 Å². The summed E-state index contributed by atoms with van der Waals surface area (Å²) in [6, 6.07) is 17.2. The van der Waals surface area contributed by atoms with Gasteiger partial charge in [-0.1, -0.05) is 42.5 Å². The first-order chi connectivity index (χ1) is 15.5. The molecule has 1 fully saturated rings. The van der Waals surface area contributed by atoms with Gasteiger partial charge in [0.1, 0.15) is 17.7 Å². The Hall–Kier alpha value is -2.97. The smallest absolute Gasteiger partial charge is 0.408 e. The van der Waals surface area contributed by atoms with Gasteiger partial charge in [-0.25, -0.2) is 9.78 Å². The zero-order valence-corrected chi connectivity index (χ0v) is 19.2. The van der Waals surface area contributed by atoms with Crippen LogP contribution in [-0.4, -0.2) is 59.0 Å². The molecule has 2 amide bonds. The van der Waals surface area contributed by atoms with Crippen molar-refractivity contribution in [3.05, 3.63) is 65.2 Å². The van der Waals surface area contributed by atoms with Crippen LogP contribution in [0.3, 0.4) is 0 Å². The molecule has 8 heteroatoms. The van der Waals surface area contributed by atoms with E-state index in [4.69, 9.17) is 9.72 Å². The van der Waals surface area contributed by atoms with Gasteiger partial charge in [0.2, 0.25) is 5.91 Å². The minimum atomic E-state index is -0.633. The molecule has 3 aromatic rings. The number of benzene rings is 2. The Morgan fingerprint density at radius 2 is 1.72 bits per heavy atom. The molecular weight excluding hydrogens is 424 g/mol. The summed E-state index contributed by atoms with van der Waals surface area (Å²) in [5.41, 5.74) is 1.94. The highest BCUT2D eigenvalue weighted by atomic mass is 32.1. The predicted molar refractivity (Wildman–Crippen MR) is 125 cm³/mol. The Morgan fingerprint density at radius 3 is 2.44 bits per heavy atom. The molecule has 32 heavy (non-hydrogen) atoms. The van der Waals surface area contributed by atoms with Gasteiger partial charge >= 0.3 is 6.09 Å². The normalized spacial score (nSPS) is 16.5. The summed E-state index contributed by atoms with van der Waals surface area (Å²) in [6.45, 7) is 6.83. The van der Waals surface area contributed by atoms with E-state index in [0.717, 1.165) is 29.2 Å². The number of carbonyl (C=O) groups is 2. The molecule has 1 saturated heterocycles. The van der Waals surface area contributed by atoms with Crippen LogP contribution in [-0.2, 0) is 16.1 Å². The maximum Gasteiger partial charge on any atom is 0.408 e. The average Bonchev–Trinajstić information content (AvgIpc) is 3.27. The van der Waals surface area contributed by atoms with Crippen LogP contribution in [0.1, 0.15) is 30.5 Å². The quantitative estimate of drug-likeness (QED) is 0.616. The number of thiazole rings is 1. The molecule has 2 heterocycles. The van der Waals surface area contributed by atoms with Gasteiger partial charge in [0.05, 0.1) is 16.3 Å². The molecule has 0 saturated carbocycles. The van der Waals surface area contributed by atoms with Gasteiger partial charge < -0.3 is 15.0 Å². The minimum absolute atomic E-state index is 0.0889. The van der Waals surface area contributed by atoms with Crippen LogP contribution in [0.5, 0.6) is 0 Å². The lowest BCUT2D eigenvalue weighted by Crippen LogP contribution is -2.54. The van der Waals surface area contributed by atoms with E-state index in [-0.39, 0.29) is 18.6 Å². The molecule has 0 spiro atoms. The lowest BCUT2D eigenvalue weighted by Gasteiger charge is -2.38. The van der Waals surface area contributed by atoms with Gasteiger partial charge in [-0.3, -0.25) is 9.69 Å². The summed E-state index contributed by atoms with van der Waals surface area (Å²) in [6.07, 6.45) is -0.585. The fraction of sp³-hybridized carbons (Fsp3) is 0.375. The molecular formula is C24H28N4O3S.